The lowest BCUT2D eigenvalue weighted by Gasteiger charge is -2.43. The van der Waals surface area contributed by atoms with Gasteiger partial charge in [0.15, 0.2) is 6.10 Å². The van der Waals surface area contributed by atoms with Crippen molar-refractivity contribution >= 4 is 6.21 Å². The molecular formula is C29H34F3N3O6. The van der Waals surface area contributed by atoms with Gasteiger partial charge in [-0.3, -0.25) is 0 Å². The molecule has 2 heterocycles. The van der Waals surface area contributed by atoms with E-state index in [2.05, 4.69) is 14.9 Å². The van der Waals surface area contributed by atoms with Crippen LogP contribution in [0.15, 0.2) is 66.2 Å². The molecule has 0 radical (unpaired) electrons. The minimum Gasteiger partial charge on any atom is -0.406 e. The molecule has 0 unspecified atom stereocenters. The summed E-state index contributed by atoms with van der Waals surface area (Å²) < 4.78 is 66.6. The van der Waals surface area contributed by atoms with E-state index in [0.29, 0.717) is 31.2 Å². The molecule has 0 aliphatic carbocycles. The summed E-state index contributed by atoms with van der Waals surface area (Å²) in [6.07, 6.45) is -2.02. The molecule has 2 aromatic carbocycles. The first kappa shape index (κ1) is 30.5. The average molecular weight is 578 g/mol. The van der Waals surface area contributed by atoms with Crippen molar-refractivity contribution in [1.29, 1.82) is 0 Å². The van der Waals surface area contributed by atoms with E-state index < -0.39 is 18.8 Å². The van der Waals surface area contributed by atoms with Crippen LogP contribution < -0.4 is 4.74 Å². The normalized spacial score (nSPS) is 23.1. The first-order valence-corrected chi connectivity index (χ1v) is 13.4. The second-order valence-corrected chi connectivity index (χ2v) is 9.14. The Kier molecular flexibility index (Phi) is 10.4. The third-order valence-corrected chi connectivity index (χ3v) is 6.33. The third kappa shape index (κ3) is 8.07. The number of aromatic nitrogens is 2. The van der Waals surface area contributed by atoms with Crippen LogP contribution in [0.2, 0.25) is 0 Å². The van der Waals surface area contributed by atoms with Crippen LogP contribution in [-0.4, -0.2) is 72.7 Å². The summed E-state index contributed by atoms with van der Waals surface area (Å²) in [5.74, 6) is -0.287. The van der Waals surface area contributed by atoms with Crippen molar-refractivity contribution in [3.8, 4) is 22.7 Å². The second-order valence-electron chi connectivity index (χ2n) is 9.14. The van der Waals surface area contributed by atoms with E-state index in [1.54, 1.807) is 23.3 Å². The summed E-state index contributed by atoms with van der Waals surface area (Å²) in [7, 11) is 0. The number of hydrogen-bond acceptors (Lipinski definition) is 8. The van der Waals surface area contributed by atoms with E-state index in [-0.39, 0.29) is 24.1 Å². The molecule has 1 fully saturated rings. The van der Waals surface area contributed by atoms with Crippen molar-refractivity contribution in [1.82, 2.24) is 9.55 Å². The Balaban J connectivity index is 1.39. The first-order valence-electron chi connectivity index (χ1n) is 13.4. The number of hydrogen-bond donors (Lipinski definition) is 0. The Bertz CT molecular complexity index is 1250. The zero-order chi connectivity index (χ0) is 29.4. The molecule has 1 aliphatic heterocycles. The zero-order valence-corrected chi connectivity index (χ0v) is 23.3. The smallest absolute Gasteiger partial charge is 0.406 e. The van der Waals surface area contributed by atoms with Gasteiger partial charge in [0, 0.05) is 37.3 Å². The van der Waals surface area contributed by atoms with Gasteiger partial charge in [0.05, 0.1) is 24.3 Å². The highest BCUT2D eigenvalue weighted by molar-refractivity contribution is 5.80. The molecular weight excluding hydrogens is 543 g/mol. The largest absolute Gasteiger partial charge is 0.573 e. The van der Waals surface area contributed by atoms with Crippen LogP contribution in [0.5, 0.6) is 5.75 Å². The second kappa shape index (κ2) is 13.9. The average Bonchev–Trinajstić information content (AvgIpc) is 3.43. The van der Waals surface area contributed by atoms with Gasteiger partial charge in [0.2, 0.25) is 0 Å². The Labute approximate surface area is 236 Å². The van der Waals surface area contributed by atoms with Crippen molar-refractivity contribution in [2.24, 2.45) is 5.16 Å². The van der Waals surface area contributed by atoms with E-state index in [0.717, 1.165) is 11.1 Å². The summed E-state index contributed by atoms with van der Waals surface area (Å²) in [6.45, 7) is 9.11. The van der Waals surface area contributed by atoms with Crippen LogP contribution in [0.25, 0.3) is 16.9 Å². The van der Waals surface area contributed by atoms with E-state index >= 15 is 0 Å². The predicted molar refractivity (Wildman–Crippen MR) is 145 cm³/mol. The fourth-order valence-corrected chi connectivity index (χ4v) is 4.56. The topological polar surface area (TPSA) is 85.6 Å². The minimum atomic E-state index is -4.74. The molecule has 0 amide bonds. The first-order chi connectivity index (χ1) is 19.7. The van der Waals surface area contributed by atoms with Gasteiger partial charge in [-0.15, -0.1) is 13.2 Å². The molecule has 3 aromatic rings. The van der Waals surface area contributed by atoms with Crippen LogP contribution in [0, 0.1) is 0 Å². The molecule has 0 spiro atoms. The number of benzene rings is 2. The van der Waals surface area contributed by atoms with Crippen molar-refractivity contribution < 1.29 is 41.7 Å². The molecule has 4 rings (SSSR count). The number of halogens is 3. The maximum absolute atomic E-state index is 12.4. The van der Waals surface area contributed by atoms with Crippen LogP contribution in [-0.2, 0) is 23.8 Å². The van der Waals surface area contributed by atoms with E-state index in [4.69, 9.17) is 23.8 Å². The summed E-state index contributed by atoms with van der Waals surface area (Å²) in [5.41, 5.74) is 2.97. The van der Waals surface area contributed by atoms with Crippen LogP contribution >= 0.6 is 0 Å². The van der Waals surface area contributed by atoms with Crippen molar-refractivity contribution in [2.45, 2.75) is 64.8 Å². The fraction of sp³-hybridized carbons (Fsp3) is 0.448. The van der Waals surface area contributed by atoms with E-state index in [1.165, 1.54) is 24.3 Å². The van der Waals surface area contributed by atoms with Gasteiger partial charge in [-0.2, -0.15) is 0 Å². The highest BCUT2D eigenvalue weighted by atomic mass is 19.4. The standard InChI is InChI=1S/C29H34F3N3O6/c1-5-36-25-19(4)39-28(27(38-7-3)26(25)37-6-2)41-34-16-20-8-10-21(11-9-20)24-17-35(18-33-24)22-12-14-23(15-13-22)40-29(30,31)32/h8-19,25-28H,5-7H2,1-4H3/b34-16+/t19-,25-,26+,27+,28-/m0/s1. The van der Waals surface area contributed by atoms with Crippen LogP contribution in [0.4, 0.5) is 13.2 Å². The lowest BCUT2D eigenvalue weighted by Crippen LogP contribution is -2.59. The molecule has 0 bridgehead atoms. The third-order valence-electron chi connectivity index (χ3n) is 6.33. The van der Waals surface area contributed by atoms with Crippen LogP contribution in [0.1, 0.15) is 33.3 Å². The molecule has 12 heteroatoms. The number of nitrogens with zero attached hydrogens (tertiary/aromatic N) is 3. The molecule has 1 saturated heterocycles. The number of rotatable bonds is 12. The maximum Gasteiger partial charge on any atom is 0.573 e. The van der Waals surface area contributed by atoms with Gasteiger partial charge in [-0.1, -0.05) is 29.4 Å². The molecule has 0 N–H and O–H groups in total. The number of imidazole rings is 1. The highest BCUT2D eigenvalue weighted by Gasteiger charge is 2.47. The van der Waals surface area contributed by atoms with Crippen molar-refractivity contribution in [2.75, 3.05) is 19.8 Å². The van der Waals surface area contributed by atoms with Gasteiger partial charge >= 0.3 is 6.36 Å². The van der Waals surface area contributed by atoms with Gasteiger partial charge < -0.3 is 33.1 Å². The summed E-state index contributed by atoms with van der Waals surface area (Å²) in [6, 6.07) is 13.0. The highest BCUT2D eigenvalue weighted by Crippen LogP contribution is 2.29. The van der Waals surface area contributed by atoms with Gasteiger partial charge in [-0.25, -0.2) is 4.98 Å². The number of oxime groups is 1. The van der Waals surface area contributed by atoms with Crippen LogP contribution in [0.3, 0.4) is 0 Å². The molecule has 0 saturated carbocycles. The molecule has 1 aliphatic rings. The lowest BCUT2D eigenvalue weighted by atomic mass is 9.99. The quantitative estimate of drug-likeness (QED) is 0.200. The predicted octanol–water partition coefficient (Wildman–Crippen LogP) is 5.75. The Morgan fingerprint density at radius 1 is 0.902 bits per heavy atom. The lowest BCUT2D eigenvalue weighted by molar-refractivity contribution is -0.314. The molecule has 1 aromatic heterocycles. The van der Waals surface area contributed by atoms with E-state index in [1.807, 2.05) is 52.0 Å². The fourth-order valence-electron chi connectivity index (χ4n) is 4.56. The number of ether oxygens (including phenoxy) is 5. The Morgan fingerprint density at radius 3 is 2.17 bits per heavy atom. The van der Waals surface area contributed by atoms with Crippen molar-refractivity contribution in [3.05, 3.63) is 66.6 Å². The van der Waals surface area contributed by atoms with Gasteiger partial charge in [0.25, 0.3) is 6.29 Å². The Morgan fingerprint density at radius 2 is 1.54 bits per heavy atom. The minimum absolute atomic E-state index is 0.284. The summed E-state index contributed by atoms with van der Waals surface area (Å²) >= 11 is 0. The zero-order valence-electron chi connectivity index (χ0n) is 23.3. The summed E-state index contributed by atoms with van der Waals surface area (Å²) in [4.78, 5) is 10.1. The summed E-state index contributed by atoms with van der Waals surface area (Å²) in [5, 5.41) is 4.15. The van der Waals surface area contributed by atoms with E-state index in [9.17, 15) is 13.2 Å². The molecule has 41 heavy (non-hydrogen) atoms. The number of alkyl halides is 3. The SMILES string of the molecule is CCO[C@@H]1[C@@H](OCC)[C@H](C)O[C@@H](O/N=C/c2ccc(-c3cn(-c4ccc(OC(F)(F)F)cc4)cn3)cc2)[C@@H]1OCC. The molecule has 5 atom stereocenters. The molecule has 222 valence electrons. The Hall–Kier alpha value is -3.45. The molecule has 9 nitrogen and oxygen atoms in total. The van der Waals surface area contributed by atoms with Crippen molar-refractivity contribution in [3.63, 3.8) is 0 Å². The maximum atomic E-state index is 12.4. The van der Waals surface area contributed by atoms with Gasteiger partial charge in [-0.05, 0) is 57.5 Å². The van der Waals surface area contributed by atoms with Gasteiger partial charge in [0.1, 0.15) is 18.0 Å². The monoisotopic (exact) mass is 577 g/mol.